The number of benzene rings is 1. The molecular formula is C12H11Cl2NO4S. The van der Waals surface area contributed by atoms with Gasteiger partial charge in [-0.05, 0) is 12.1 Å². The third-order valence-corrected chi connectivity index (χ3v) is 5.29. The molecule has 0 fully saturated rings. The van der Waals surface area contributed by atoms with Crippen LogP contribution < -0.4 is 0 Å². The van der Waals surface area contributed by atoms with E-state index in [9.17, 15) is 13.2 Å². The molecule has 0 saturated heterocycles. The van der Waals surface area contributed by atoms with Crippen LogP contribution in [0.3, 0.4) is 0 Å². The number of carbonyl (C=O) groups is 1. The third kappa shape index (κ3) is 3.07. The van der Waals surface area contributed by atoms with Crippen molar-refractivity contribution in [2.75, 3.05) is 13.1 Å². The summed E-state index contributed by atoms with van der Waals surface area (Å²) in [6.07, 6.45) is 5.12. The molecule has 1 rings (SSSR count). The van der Waals surface area contributed by atoms with Crippen LogP contribution in [0.25, 0.3) is 0 Å². The number of carboxylic acid groups (broad SMARTS) is 1. The molecule has 20 heavy (non-hydrogen) atoms. The predicted octanol–water partition coefficient (Wildman–Crippen LogP) is 2.34. The molecule has 0 radical (unpaired) electrons. The lowest BCUT2D eigenvalue weighted by atomic mass is 10.2. The van der Waals surface area contributed by atoms with E-state index < -0.39 is 26.6 Å². The van der Waals surface area contributed by atoms with Crippen molar-refractivity contribution in [2.45, 2.75) is 11.8 Å². The first-order chi connectivity index (χ1) is 9.27. The molecule has 0 aliphatic carbocycles. The van der Waals surface area contributed by atoms with Gasteiger partial charge in [0.15, 0.2) is 0 Å². The van der Waals surface area contributed by atoms with Gasteiger partial charge in [-0.3, -0.25) is 0 Å². The number of terminal acetylenes is 1. The van der Waals surface area contributed by atoms with Crippen molar-refractivity contribution >= 4 is 39.2 Å². The third-order valence-electron chi connectivity index (χ3n) is 2.51. The monoisotopic (exact) mass is 335 g/mol. The molecule has 0 bridgehead atoms. The summed E-state index contributed by atoms with van der Waals surface area (Å²) >= 11 is 11.6. The average Bonchev–Trinajstić information content (AvgIpc) is 2.34. The molecule has 8 heteroatoms. The first-order valence-electron chi connectivity index (χ1n) is 5.42. The van der Waals surface area contributed by atoms with Crippen LogP contribution in [-0.4, -0.2) is 36.9 Å². The molecule has 0 aliphatic rings. The van der Waals surface area contributed by atoms with Gasteiger partial charge in [-0.1, -0.05) is 36.0 Å². The minimum Gasteiger partial charge on any atom is -0.478 e. The fourth-order valence-corrected chi connectivity index (χ4v) is 3.79. The highest BCUT2D eigenvalue weighted by molar-refractivity contribution is 7.89. The van der Waals surface area contributed by atoms with Crippen LogP contribution in [0.2, 0.25) is 10.0 Å². The number of halogens is 2. The number of sulfonamides is 1. The topological polar surface area (TPSA) is 74.7 Å². The second-order valence-electron chi connectivity index (χ2n) is 3.67. The van der Waals surface area contributed by atoms with Gasteiger partial charge in [0, 0.05) is 6.54 Å². The molecule has 0 spiro atoms. The van der Waals surface area contributed by atoms with E-state index in [0.717, 1.165) is 10.4 Å². The summed E-state index contributed by atoms with van der Waals surface area (Å²) in [6.45, 7) is 1.60. The molecule has 0 amide bonds. The standard InChI is InChI=1S/C12H11Cl2NO4S/c1-3-7-15(4-2)20(18,19)9-6-5-8(13)10(11(9)14)12(16)17/h1,5-6H,4,7H2,2H3,(H,16,17). The van der Waals surface area contributed by atoms with Gasteiger partial charge in [-0.15, -0.1) is 6.42 Å². The zero-order valence-corrected chi connectivity index (χ0v) is 12.8. The summed E-state index contributed by atoms with van der Waals surface area (Å²) in [4.78, 5) is 10.7. The largest absolute Gasteiger partial charge is 0.478 e. The number of nitrogens with zero attached hydrogens (tertiary/aromatic N) is 1. The lowest BCUT2D eigenvalue weighted by Crippen LogP contribution is -2.31. The summed E-state index contributed by atoms with van der Waals surface area (Å²) in [5.41, 5.74) is -0.453. The molecule has 0 unspecified atom stereocenters. The molecule has 1 N–H and O–H groups in total. The van der Waals surface area contributed by atoms with Crippen molar-refractivity contribution in [2.24, 2.45) is 0 Å². The summed E-state index contributed by atoms with van der Waals surface area (Å²) < 4.78 is 25.7. The second-order valence-corrected chi connectivity index (χ2v) is 6.37. The zero-order valence-electron chi connectivity index (χ0n) is 10.4. The van der Waals surface area contributed by atoms with Crippen LogP contribution >= 0.6 is 23.2 Å². The Hall–Kier alpha value is -1.26. The first-order valence-corrected chi connectivity index (χ1v) is 7.61. The molecule has 108 valence electrons. The van der Waals surface area contributed by atoms with E-state index >= 15 is 0 Å². The summed E-state index contributed by atoms with van der Waals surface area (Å²) in [5.74, 6) is 0.819. The van der Waals surface area contributed by atoms with Crippen LogP contribution in [0.1, 0.15) is 17.3 Å². The van der Waals surface area contributed by atoms with Crippen LogP contribution in [-0.2, 0) is 10.0 Å². The van der Waals surface area contributed by atoms with Gasteiger partial charge in [0.25, 0.3) is 0 Å². The maximum absolute atomic E-state index is 12.4. The number of carboxylic acids is 1. The Morgan fingerprint density at radius 3 is 2.50 bits per heavy atom. The zero-order chi connectivity index (χ0) is 15.5. The van der Waals surface area contributed by atoms with Crippen molar-refractivity contribution in [1.82, 2.24) is 4.31 Å². The first kappa shape index (κ1) is 16.8. The van der Waals surface area contributed by atoms with Gasteiger partial charge in [-0.2, -0.15) is 4.31 Å². The van der Waals surface area contributed by atoms with Crippen molar-refractivity contribution < 1.29 is 18.3 Å². The molecule has 1 aromatic carbocycles. The Kier molecular flexibility index (Phi) is 5.42. The van der Waals surface area contributed by atoms with Crippen LogP contribution in [0, 0.1) is 12.3 Å². The summed E-state index contributed by atoms with van der Waals surface area (Å²) in [7, 11) is -3.98. The molecule has 5 nitrogen and oxygen atoms in total. The van der Waals surface area contributed by atoms with Gasteiger partial charge in [0.2, 0.25) is 10.0 Å². The highest BCUT2D eigenvalue weighted by atomic mass is 35.5. The number of aromatic carboxylic acids is 1. The number of hydrogen-bond acceptors (Lipinski definition) is 3. The Balaban J connectivity index is 3.52. The molecule has 0 aliphatic heterocycles. The molecule has 0 heterocycles. The lowest BCUT2D eigenvalue weighted by molar-refractivity contribution is 0.0697. The van der Waals surface area contributed by atoms with E-state index in [1.54, 1.807) is 6.92 Å². The van der Waals surface area contributed by atoms with E-state index in [4.69, 9.17) is 34.7 Å². The van der Waals surface area contributed by atoms with E-state index in [0.29, 0.717) is 0 Å². The Morgan fingerprint density at radius 2 is 2.05 bits per heavy atom. The minimum absolute atomic E-state index is 0.133. The molecule has 0 aromatic heterocycles. The van der Waals surface area contributed by atoms with Gasteiger partial charge < -0.3 is 5.11 Å². The highest BCUT2D eigenvalue weighted by Crippen LogP contribution is 2.32. The van der Waals surface area contributed by atoms with E-state index in [-0.39, 0.29) is 23.0 Å². The van der Waals surface area contributed by atoms with E-state index in [1.807, 2.05) is 0 Å². The van der Waals surface area contributed by atoms with Crippen LogP contribution in [0.5, 0.6) is 0 Å². The average molecular weight is 336 g/mol. The Labute approximate surface area is 127 Å². The van der Waals surface area contributed by atoms with E-state index in [1.165, 1.54) is 6.07 Å². The summed E-state index contributed by atoms with van der Waals surface area (Å²) in [6, 6.07) is 2.33. The Bertz CT molecular complexity index is 679. The maximum atomic E-state index is 12.4. The normalized spacial score (nSPS) is 11.3. The summed E-state index contributed by atoms with van der Waals surface area (Å²) in [5, 5.41) is 8.46. The smallest absolute Gasteiger partial charge is 0.338 e. The van der Waals surface area contributed by atoms with Gasteiger partial charge in [-0.25, -0.2) is 13.2 Å². The van der Waals surface area contributed by atoms with Crippen molar-refractivity contribution in [3.05, 3.63) is 27.7 Å². The molecule has 1 aromatic rings. The second kappa shape index (κ2) is 6.46. The fraction of sp³-hybridized carbons (Fsp3) is 0.250. The Morgan fingerprint density at radius 1 is 1.45 bits per heavy atom. The number of rotatable bonds is 5. The van der Waals surface area contributed by atoms with Crippen LogP contribution in [0.15, 0.2) is 17.0 Å². The fourth-order valence-electron chi connectivity index (χ4n) is 1.54. The minimum atomic E-state index is -3.98. The highest BCUT2D eigenvalue weighted by Gasteiger charge is 2.28. The lowest BCUT2D eigenvalue weighted by Gasteiger charge is -2.19. The SMILES string of the molecule is C#CCN(CC)S(=O)(=O)c1ccc(Cl)c(C(=O)O)c1Cl. The van der Waals surface area contributed by atoms with Crippen molar-refractivity contribution in [3.63, 3.8) is 0 Å². The van der Waals surface area contributed by atoms with E-state index in [2.05, 4.69) is 5.92 Å². The maximum Gasteiger partial charge on any atom is 0.338 e. The molecule has 0 saturated carbocycles. The van der Waals surface area contributed by atoms with Crippen LogP contribution in [0.4, 0.5) is 0 Å². The number of hydrogen-bond donors (Lipinski definition) is 1. The van der Waals surface area contributed by atoms with Gasteiger partial charge in [0.1, 0.15) is 4.90 Å². The van der Waals surface area contributed by atoms with Gasteiger partial charge >= 0.3 is 5.97 Å². The van der Waals surface area contributed by atoms with Gasteiger partial charge in [0.05, 0.1) is 22.2 Å². The molecule has 0 atom stereocenters. The molecular weight excluding hydrogens is 325 g/mol. The van der Waals surface area contributed by atoms with Crippen molar-refractivity contribution in [3.8, 4) is 12.3 Å². The predicted molar refractivity (Wildman–Crippen MR) is 76.7 cm³/mol. The van der Waals surface area contributed by atoms with Crippen molar-refractivity contribution in [1.29, 1.82) is 0 Å². The quantitative estimate of drug-likeness (QED) is 0.838.